The summed E-state index contributed by atoms with van der Waals surface area (Å²) >= 11 is 0. The Balaban J connectivity index is 2.25. The van der Waals surface area contributed by atoms with Crippen molar-refractivity contribution in [3.63, 3.8) is 0 Å². The summed E-state index contributed by atoms with van der Waals surface area (Å²) in [5.74, 6) is 0.0433. The molecule has 15 heavy (non-hydrogen) atoms. The number of hydrogen-bond donors (Lipinski definition) is 2. The van der Waals surface area contributed by atoms with Crippen molar-refractivity contribution in [2.75, 3.05) is 25.4 Å². The molecule has 2 N–H and O–H groups in total. The van der Waals surface area contributed by atoms with E-state index in [9.17, 15) is 8.42 Å². The van der Waals surface area contributed by atoms with E-state index in [4.69, 9.17) is 4.74 Å². The van der Waals surface area contributed by atoms with Crippen LogP contribution in [0.2, 0.25) is 0 Å². The number of nitrogens with one attached hydrogen (secondary N) is 2. The van der Waals surface area contributed by atoms with Crippen LogP contribution in [0.15, 0.2) is 0 Å². The van der Waals surface area contributed by atoms with Crippen molar-refractivity contribution in [2.45, 2.75) is 32.4 Å². The monoisotopic (exact) mass is 236 g/mol. The maximum atomic E-state index is 11.5. The Morgan fingerprint density at radius 3 is 2.80 bits per heavy atom. The predicted molar refractivity (Wildman–Crippen MR) is 59.3 cm³/mol. The van der Waals surface area contributed by atoms with E-state index in [1.807, 2.05) is 13.8 Å². The van der Waals surface area contributed by atoms with Crippen molar-refractivity contribution in [3.05, 3.63) is 0 Å². The molecule has 0 amide bonds. The molecule has 1 saturated heterocycles. The number of hydrogen-bond acceptors (Lipinski definition) is 4. The van der Waals surface area contributed by atoms with Crippen LogP contribution in [0.5, 0.6) is 0 Å². The van der Waals surface area contributed by atoms with Crippen LogP contribution in [0.1, 0.15) is 20.3 Å². The van der Waals surface area contributed by atoms with Crippen LogP contribution in [0, 0.1) is 0 Å². The Kier molecular flexibility index (Phi) is 4.98. The minimum absolute atomic E-state index is 0.0433. The predicted octanol–water partition coefficient (Wildman–Crippen LogP) is -0.307. The van der Waals surface area contributed by atoms with Crippen molar-refractivity contribution in [1.82, 2.24) is 10.0 Å². The third-order valence-corrected chi connectivity index (χ3v) is 3.61. The van der Waals surface area contributed by atoms with E-state index in [2.05, 4.69) is 10.0 Å². The first-order valence-corrected chi connectivity index (χ1v) is 6.97. The fourth-order valence-corrected chi connectivity index (χ4v) is 2.60. The van der Waals surface area contributed by atoms with Gasteiger partial charge < -0.3 is 10.1 Å². The van der Waals surface area contributed by atoms with E-state index in [1.165, 1.54) is 0 Å². The molecule has 5 nitrogen and oxygen atoms in total. The maximum absolute atomic E-state index is 11.5. The number of ether oxygens (including phenoxy) is 1. The lowest BCUT2D eigenvalue weighted by molar-refractivity contribution is 0.0911. The van der Waals surface area contributed by atoms with Crippen molar-refractivity contribution < 1.29 is 13.2 Å². The highest BCUT2D eigenvalue weighted by molar-refractivity contribution is 7.89. The van der Waals surface area contributed by atoms with Gasteiger partial charge in [0.2, 0.25) is 10.0 Å². The van der Waals surface area contributed by atoms with Crippen molar-refractivity contribution >= 4 is 10.0 Å². The highest BCUT2D eigenvalue weighted by atomic mass is 32.2. The van der Waals surface area contributed by atoms with Gasteiger partial charge in [0.15, 0.2) is 0 Å². The Morgan fingerprint density at radius 1 is 1.53 bits per heavy atom. The summed E-state index contributed by atoms with van der Waals surface area (Å²) in [6.45, 7) is 5.65. The molecule has 0 aromatic rings. The van der Waals surface area contributed by atoms with Crippen molar-refractivity contribution in [1.29, 1.82) is 0 Å². The molecule has 1 aliphatic rings. The Labute approximate surface area is 91.6 Å². The molecule has 0 radical (unpaired) electrons. The molecule has 1 rings (SSSR count). The summed E-state index contributed by atoms with van der Waals surface area (Å²) in [5.41, 5.74) is 0. The summed E-state index contributed by atoms with van der Waals surface area (Å²) in [6.07, 6.45) is 0.943. The fourth-order valence-electron chi connectivity index (χ4n) is 1.46. The fraction of sp³-hybridized carbons (Fsp3) is 1.00. The second-order valence-corrected chi connectivity index (χ2v) is 5.92. The number of rotatable bonds is 6. The molecule has 0 spiro atoms. The van der Waals surface area contributed by atoms with Gasteiger partial charge in [0.25, 0.3) is 0 Å². The molecular weight excluding hydrogens is 216 g/mol. The molecule has 0 aromatic carbocycles. The van der Waals surface area contributed by atoms with Gasteiger partial charge in [0.1, 0.15) is 0 Å². The molecule has 1 atom stereocenters. The zero-order valence-corrected chi connectivity index (χ0v) is 10.1. The zero-order valence-electron chi connectivity index (χ0n) is 9.32. The molecule has 0 saturated carbocycles. The quantitative estimate of drug-likeness (QED) is 0.664. The zero-order chi connectivity index (χ0) is 11.3. The lowest BCUT2D eigenvalue weighted by Gasteiger charge is -2.12. The molecule has 90 valence electrons. The smallest absolute Gasteiger partial charge is 0.214 e. The Hall–Kier alpha value is -0.170. The molecule has 1 fully saturated rings. The third kappa shape index (κ3) is 5.46. The summed E-state index contributed by atoms with van der Waals surface area (Å²) in [5, 5.41) is 3.11. The van der Waals surface area contributed by atoms with Gasteiger partial charge in [-0.3, -0.25) is 0 Å². The van der Waals surface area contributed by atoms with E-state index in [-0.39, 0.29) is 24.5 Å². The van der Waals surface area contributed by atoms with E-state index >= 15 is 0 Å². The summed E-state index contributed by atoms with van der Waals surface area (Å²) < 4.78 is 31.0. The van der Waals surface area contributed by atoms with Crippen LogP contribution in [0.25, 0.3) is 0 Å². The normalized spacial score (nSPS) is 22.5. The first-order chi connectivity index (χ1) is 6.99. The van der Waals surface area contributed by atoms with Gasteiger partial charge in [0.05, 0.1) is 18.5 Å². The topological polar surface area (TPSA) is 67.4 Å². The maximum Gasteiger partial charge on any atom is 0.214 e. The Bertz CT molecular complexity index is 271. The van der Waals surface area contributed by atoms with Gasteiger partial charge in [0, 0.05) is 12.6 Å². The molecule has 1 heterocycles. The first kappa shape index (κ1) is 12.9. The molecule has 0 aromatic heterocycles. The molecule has 0 aliphatic carbocycles. The van der Waals surface area contributed by atoms with Crippen molar-refractivity contribution in [3.8, 4) is 0 Å². The summed E-state index contributed by atoms with van der Waals surface area (Å²) in [7, 11) is -3.18. The molecular formula is C9H20N2O3S. The largest absolute Gasteiger partial charge is 0.378 e. The standard InChI is InChI=1S/C9H20N2O3S/c1-8(2)14-5-6-15(12,13)11-9-3-4-10-7-9/h8-11H,3-7H2,1-2H3/t9-/m1/s1. The van der Waals surface area contributed by atoms with Gasteiger partial charge in [-0.15, -0.1) is 0 Å². The van der Waals surface area contributed by atoms with Crippen LogP contribution >= 0.6 is 0 Å². The average molecular weight is 236 g/mol. The molecule has 0 unspecified atom stereocenters. The minimum Gasteiger partial charge on any atom is -0.378 e. The van der Waals surface area contributed by atoms with Gasteiger partial charge in [-0.25, -0.2) is 13.1 Å². The highest BCUT2D eigenvalue weighted by Crippen LogP contribution is 2.00. The van der Waals surface area contributed by atoms with E-state index in [0.29, 0.717) is 0 Å². The van der Waals surface area contributed by atoms with E-state index in [1.54, 1.807) is 0 Å². The van der Waals surface area contributed by atoms with Crippen LogP contribution in [0.3, 0.4) is 0 Å². The van der Waals surface area contributed by atoms with Crippen LogP contribution in [0.4, 0.5) is 0 Å². The van der Waals surface area contributed by atoms with Gasteiger partial charge in [-0.05, 0) is 26.8 Å². The molecule has 6 heteroatoms. The minimum atomic E-state index is -3.18. The summed E-state index contributed by atoms with van der Waals surface area (Å²) in [4.78, 5) is 0. The first-order valence-electron chi connectivity index (χ1n) is 5.32. The van der Waals surface area contributed by atoms with Crippen molar-refractivity contribution in [2.24, 2.45) is 0 Å². The Morgan fingerprint density at radius 2 is 2.27 bits per heavy atom. The highest BCUT2D eigenvalue weighted by Gasteiger charge is 2.20. The van der Waals surface area contributed by atoms with E-state index < -0.39 is 10.0 Å². The van der Waals surface area contributed by atoms with Crippen LogP contribution < -0.4 is 10.0 Å². The molecule has 1 aliphatic heterocycles. The van der Waals surface area contributed by atoms with Gasteiger partial charge in [-0.2, -0.15) is 0 Å². The van der Waals surface area contributed by atoms with Gasteiger partial charge in [-0.1, -0.05) is 0 Å². The van der Waals surface area contributed by atoms with Crippen LogP contribution in [-0.2, 0) is 14.8 Å². The lowest BCUT2D eigenvalue weighted by Crippen LogP contribution is -2.38. The number of sulfonamides is 1. The second kappa shape index (κ2) is 5.79. The lowest BCUT2D eigenvalue weighted by atomic mass is 10.3. The van der Waals surface area contributed by atoms with Crippen LogP contribution in [-0.4, -0.2) is 46.0 Å². The van der Waals surface area contributed by atoms with Gasteiger partial charge >= 0.3 is 0 Å². The van der Waals surface area contributed by atoms with E-state index in [0.717, 1.165) is 19.5 Å². The second-order valence-electron chi connectivity index (χ2n) is 4.05. The summed E-state index contributed by atoms with van der Waals surface area (Å²) in [6, 6.07) is 0.0500. The SMILES string of the molecule is CC(C)OCCS(=O)(=O)N[C@@H]1CCNC1. The average Bonchev–Trinajstić information content (AvgIpc) is 2.54. The third-order valence-electron chi connectivity index (χ3n) is 2.21. The molecule has 0 bridgehead atoms.